The summed E-state index contributed by atoms with van der Waals surface area (Å²) < 4.78 is 0. The van der Waals surface area contributed by atoms with Gasteiger partial charge in [-0.15, -0.1) is 0 Å². The highest BCUT2D eigenvalue weighted by molar-refractivity contribution is 6.00. The fourth-order valence-electron chi connectivity index (χ4n) is 3.43. The van der Waals surface area contributed by atoms with E-state index >= 15 is 0 Å². The highest BCUT2D eigenvalue weighted by Crippen LogP contribution is 2.30. The summed E-state index contributed by atoms with van der Waals surface area (Å²) in [5, 5.41) is 5.32. The summed E-state index contributed by atoms with van der Waals surface area (Å²) in [6.07, 6.45) is 3.19. The standard InChI is InChI=1S/C16H23N5O3/c1-3-17-14(23)10-8-11(22)18-13-12(10)15(24)20-16(19-13)21-7-5-4-6-9(21)2/h9-10H,3-8H2,1-2H3,(H,17,23)(H2,18,19,20,22,24). The number of anilines is 2. The lowest BCUT2D eigenvalue weighted by atomic mass is 9.92. The molecule has 2 amide bonds. The van der Waals surface area contributed by atoms with Crippen molar-refractivity contribution in [3.8, 4) is 0 Å². The summed E-state index contributed by atoms with van der Waals surface area (Å²) in [5.41, 5.74) is -0.113. The van der Waals surface area contributed by atoms with Gasteiger partial charge in [-0.05, 0) is 33.1 Å². The molecule has 3 N–H and O–H groups in total. The van der Waals surface area contributed by atoms with Gasteiger partial charge in [0.2, 0.25) is 17.8 Å². The Balaban J connectivity index is 2.01. The van der Waals surface area contributed by atoms with Gasteiger partial charge in [0, 0.05) is 25.6 Å². The fraction of sp³-hybridized carbons (Fsp3) is 0.625. The number of hydrogen-bond acceptors (Lipinski definition) is 5. The Bertz CT molecular complexity index is 714. The lowest BCUT2D eigenvalue weighted by Gasteiger charge is -2.34. The third-order valence-electron chi connectivity index (χ3n) is 4.68. The number of rotatable bonds is 3. The van der Waals surface area contributed by atoms with E-state index in [-0.39, 0.29) is 41.2 Å². The van der Waals surface area contributed by atoms with E-state index in [4.69, 9.17) is 0 Å². The van der Waals surface area contributed by atoms with Gasteiger partial charge in [-0.25, -0.2) is 0 Å². The minimum atomic E-state index is -0.794. The van der Waals surface area contributed by atoms with Crippen molar-refractivity contribution >= 4 is 23.6 Å². The van der Waals surface area contributed by atoms with Crippen LogP contribution in [0.4, 0.5) is 11.8 Å². The van der Waals surface area contributed by atoms with Gasteiger partial charge in [0.1, 0.15) is 5.82 Å². The largest absolute Gasteiger partial charge is 0.356 e. The average Bonchev–Trinajstić information content (AvgIpc) is 2.54. The minimum Gasteiger partial charge on any atom is -0.356 e. The third kappa shape index (κ3) is 3.00. The summed E-state index contributed by atoms with van der Waals surface area (Å²) in [5.74, 6) is -0.742. The number of H-pyrrole nitrogens is 1. The molecule has 0 aromatic carbocycles. The number of aromatic amines is 1. The molecule has 2 aliphatic heterocycles. The van der Waals surface area contributed by atoms with Crippen LogP contribution in [-0.4, -0.2) is 40.9 Å². The fourth-order valence-corrected chi connectivity index (χ4v) is 3.43. The van der Waals surface area contributed by atoms with E-state index in [2.05, 4.69) is 27.5 Å². The van der Waals surface area contributed by atoms with Crippen LogP contribution in [0.2, 0.25) is 0 Å². The molecule has 0 spiro atoms. The first-order valence-electron chi connectivity index (χ1n) is 8.49. The molecule has 3 heterocycles. The van der Waals surface area contributed by atoms with Gasteiger partial charge in [0.15, 0.2) is 0 Å². The van der Waals surface area contributed by atoms with Crippen molar-refractivity contribution in [3.05, 3.63) is 15.9 Å². The molecule has 2 atom stereocenters. The maximum Gasteiger partial charge on any atom is 0.258 e. The molecule has 8 heteroatoms. The Morgan fingerprint density at radius 3 is 2.88 bits per heavy atom. The zero-order chi connectivity index (χ0) is 17.3. The molecule has 0 bridgehead atoms. The Kier molecular flexibility index (Phi) is 4.55. The zero-order valence-corrected chi connectivity index (χ0v) is 14.0. The van der Waals surface area contributed by atoms with Gasteiger partial charge in [-0.3, -0.25) is 19.4 Å². The van der Waals surface area contributed by atoms with Crippen molar-refractivity contribution in [1.29, 1.82) is 0 Å². The quantitative estimate of drug-likeness (QED) is 0.755. The second-order valence-corrected chi connectivity index (χ2v) is 6.39. The van der Waals surface area contributed by atoms with Crippen molar-refractivity contribution in [2.75, 3.05) is 23.3 Å². The Labute approximate surface area is 140 Å². The van der Waals surface area contributed by atoms with Crippen LogP contribution in [-0.2, 0) is 9.59 Å². The molecular weight excluding hydrogens is 310 g/mol. The van der Waals surface area contributed by atoms with Gasteiger partial charge < -0.3 is 15.5 Å². The zero-order valence-electron chi connectivity index (χ0n) is 14.0. The lowest BCUT2D eigenvalue weighted by molar-refractivity contribution is -0.126. The number of carbonyl (C=O) groups is 2. The first kappa shape index (κ1) is 16.5. The van der Waals surface area contributed by atoms with Gasteiger partial charge >= 0.3 is 0 Å². The molecule has 0 aliphatic carbocycles. The number of fused-ring (bicyclic) bond motifs is 1. The molecule has 0 saturated carbocycles. The van der Waals surface area contributed by atoms with E-state index < -0.39 is 5.92 Å². The second-order valence-electron chi connectivity index (χ2n) is 6.39. The smallest absolute Gasteiger partial charge is 0.258 e. The number of nitrogens with zero attached hydrogens (tertiary/aromatic N) is 2. The number of nitrogens with one attached hydrogen (secondary N) is 3. The Morgan fingerprint density at radius 2 is 2.17 bits per heavy atom. The minimum absolute atomic E-state index is 0.0386. The van der Waals surface area contributed by atoms with Crippen molar-refractivity contribution in [3.63, 3.8) is 0 Å². The number of amides is 2. The van der Waals surface area contributed by atoms with Crippen LogP contribution < -0.4 is 21.1 Å². The molecule has 3 rings (SSSR count). The highest BCUT2D eigenvalue weighted by Gasteiger charge is 2.35. The van der Waals surface area contributed by atoms with Crippen LogP contribution in [0.25, 0.3) is 0 Å². The maximum atomic E-state index is 12.6. The predicted molar refractivity (Wildman–Crippen MR) is 90.2 cm³/mol. The molecule has 1 aromatic heterocycles. The van der Waals surface area contributed by atoms with Crippen molar-refractivity contribution in [2.24, 2.45) is 0 Å². The first-order valence-corrected chi connectivity index (χ1v) is 8.49. The molecule has 8 nitrogen and oxygen atoms in total. The van der Waals surface area contributed by atoms with Gasteiger partial charge in [0.05, 0.1) is 11.5 Å². The second kappa shape index (κ2) is 6.62. The number of aromatic nitrogens is 2. The van der Waals surface area contributed by atoms with Crippen molar-refractivity contribution in [2.45, 2.75) is 51.5 Å². The molecule has 1 aromatic rings. The molecule has 24 heavy (non-hydrogen) atoms. The van der Waals surface area contributed by atoms with Crippen LogP contribution in [0, 0.1) is 0 Å². The lowest BCUT2D eigenvalue weighted by Crippen LogP contribution is -2.42. The SMILES string of the molecule is CCNC(=O)C1CC(=O)Nc2nc(N3CCCCC3C)[nH]c(=O)c21. The average molecular weight is 333 g/mol. The van der Waals surface area contributed by atoms with E-state index in [1.54, 1.807) is 6.92 Å². The van der Waals surface area contributed by atoms with Crippen LogP contribution in [0.1, 0.15) is 51.0 Å². The monoisotopic (exact) mass is 333 g/mol. The molecule has 1 fully saturated rings. The summed E-state index contributed by atoms with van der Waals surface area (Å²) in [4.78, 5) is 46.1. The van der Waals surface area contributed by atoms with Crippen molar-refractivity contribution in [1.82, 2.24) is 15.3 Å². The van der Waals surface area contributed by atoms with Crippen LogP contribution in [0.3, 0.4) is 0 Å². The molecule has 2 unspecified atom stereocenters. The molecular formula is C16H23N5O3. The van der Waals surface area contributed by atoms with E-state index in [0.717, 1.165) is 25.8 Å². The van der Waals surface area contributed by atoms with Crippen molar-refractivity contribution < 1.29 is 9.59 Å². The van der Waals surface area contributed by atoms with Crippen LogP contribution in [0.15, 0.2) is 4.79 Å². The Hall–Kier alpha value is -2.38. The summed E-state index contributed by atoms with van der Waals surface area (Å²) in [7, 11) is 0. The number of carbonyl (C=O) groups excluding carboxylic acids is 2. The summed E-state index contributed by atoms with van der Waals surface area (Å²) >= 11 is 0. The van der Waals surface area contributed by atoms with Gasteiger partial charge in [-0.1, -0.05) is 0 Å². The predicted octanol–water partition coefficient (Wildman–Crippen LogP) is 0.711. The number of hydrogen-bond donors (Lipinski definition) is 3. The van der Waals surface area contributed by atoms with E-state index in [1.807, 2.05) is 4.90 Å². The molecule has 0 radical (unpaired) electrons. The molecule has 1 saturated heterocycles. The normalized spacial score (nSPS) is 23.4. The first-order chi connectivity index (χ1) is 11.5. The van der Waals surface area contributed by atoms with Crippen LogP contribution in [0.5, 0.6) is 0 Å². The molecule has 2 aliphatic rings. The summed E-state index contributed by atoms with van der Waals surface area (Å²) in [6, 6.07) is 0.276. The Morgan fingerprint density at radius 1 is 1.38 bits per heavy atom. The van der Waals surface area contributed by atoms with Gasteiger partial charge in [-0.2, -0.15) is 4.98 Å². The van der Waals surface area contributed by atoms with E-state index in [1.165, 1.54) is 0 Å². The van der Waals surface area contributed by atoms with Gasteiger partial charge in [0.25, 0.3) is 5.56 Å². The number of likely N-dealkylation sites (N-methyl/N-ethyl adjacent to an activating group) is 1. The maximum absolute atomic E-state index is 12.6. The number of piperidine rings is 1. The molecule has 130 valence electrons. The van der Waals surface area contributed by atoms with E-state index in [9.17, 15) is 14.4 Å². The third-order valence-corrected chi connectivity index (χ3v) is 4.68. The van der Waals surface area contributed by atoms with Crippen LogP contribution >= 0.6 is 0 Å². The summed E-state index contributed by atoms with van der Waals surface area (Å²) in [6.45, 7) is 5.15. The topological polar surface area (TPSA) is 107 Å². The highest BCUT2D eigenvalue weighted by atomic mass is 16.2. The van der Waals surface area contributed by atoms with E-state index in [0.29, 0.717) is 12.5 Å².